The number of aliphatic hydroxyl groups is 1. The highest BCUT2D eigenvalue weighted by Crippen LogP contribution is 2.42. The summed E-state index contributed by atoms with van der Waals surface area (Å²) in [6.45, 7) is 15.6. The van der Waals surface area contributed by atoms with Gasteiger partial charge in [0.15, 0.2) is 8.32 Å². The van der Waals surface area contributed by atoms with Crippen LogP contribution in [0, 0.1) is 0 Å². The van der Waals surface area contributed by atoms with Gasteiger partial charge in [-0.3, -0.25) is 0 Å². The minimum Gasteiger partial charge on any atom is -0.408 e. The molecule has 4 heteroatoms. The zero-order chi connectivity index (χ0) is 19.4. The maximum Gasteiger partial charge on any atom is 0.193 e. The fourth-order valence-corrected chi connectivity index (χ4v) is 4.61. The minimum atomic E-state index is -2.02. The van der Waals surface area contributed by atoms with Crippen LogP contribution in [0.1, 0.15) is 52.0 Å². The van der Waals surface area contributed by atoms with Crippen molar-refractivity contribution < 1.29 is 14.3 Å². The standard InChI is InChI=1S/C22H36O3Si/c1-7-19(25-26(5,6)21(2,3)4)22(23)16-12-11-15-20(22)24-17-18-13-9-8-10-14-18/h7-10,13-14,19-20,23H,1,11-12,15-17H2,2-6H3/t19-,20+,22+/m1/s1. The van der Waals surface area contributed by atoms with Crippen molar-refractivity contribution in [3.05, 3.63) is 48.6 Å². The largest absolute Gasteiger partial charge is 0.408 e. The van der Waals surface area contributed by atoms with Gasteiger partial charge in [0, 0.05) is 0 Å². The average Bonchev–Trinajstić information content (AvgIpc) is 2.59. The first-order valence-electron chi connectivity index (χ1n) is 9.78. The van der Waals surface area contributed by atoms with E-state index in [9.17, 15) is 5.11 Å². The molecule has 1 N–H and O–H groups in total. The molecule has 0 spiro atoms. The highest BCUT2D eigenvalue weighted by molar-refractivity contribution is 6.74. The van der Waals surface area contributed by atoms with E-state index in [0.29, 0.717) is 13.0 Å². The van der Waals surface area contributed by atoms with Gasteiger partial charge in [-0.05, 0) is 36.5 Å². The van der Waals surface area contributed by atoms with Crippen LogP contribution >= 0.6 is 0 Å². The zero-order valence-electron chi connectivity index (χ0n) is 17.1. The van der Waals surface area contributed by atoms with Crippen molar-refractivity contribution >= 4 is 8.32 Å². The molecule has 0 unspecified atom stereocenters. The Bertz CT molecular complexity index is 579. The molecule has 1 saturated carbocycles. The molecule has 1 fully saturated rings. The molecule has 3 atom stereocenters. The number of ether oxygens (including phenoxy) is 1. The van der Waals surface area contributed by atoms with Gasteiger partial charge in [-0.15, -0.1) is 6.58 Å². The fraction of sp³-hybridized carbons (Fsp3) is 0.636. The van der Waals surface area contributed by atoms with Crippen LogP contribution in [-0.2, 0) is 15.8 Å². The predicted octanol–water partition coefficient (Wildman–Crippen LogP) is 5.45. The highest BCUT2D eigenvalue weighted by atomic mass is 28.4. The third-order valence-corrected chi connectivity index (χ3v) is 10.5. The summed E-state index contributed by atoms with van der Waals surface area (Å²) in [4.78, 5) is 0. The lowest BCUT2D eigenvalue weighted by molar-refractivity contribution is -0.171. The Hall–Kier alpha value is -0.943. The summed E-state index contributed by atoms with van der Waals surface area (Å²) >= 11 is 0. The predicted molar refractivity (Wildman–Crippen MR) is 111 cm³/mol. The van der Waals surface area contributed by atoms with Crippen LogP contribution in [0.3, 0.4) is 0 Å². The van der Waals surface area contributed by atoms with E-state index in [1.807, 2.05) is 18.2 Å². The maximum absolute atomic E-state index is 11.6. The summed E-state index contributed by atoms with van der Waals surface area (Å²) in [5.74, 6) is 0. The van der Waals surface area contributed by atoms with E-state index in [1.165, 1.54) is 0 Å². The summed E-state index contributed by atoms with van der Waals surface area (Å²) in [6.07, 6.45) is 4.77. The number of hydrogen-bond acceptors (Lipinski definition) is 3. The molecule has 1 aromatic rings. The topological polar surface area (TPSA) is 38.7 Å². The van der Waals surface area contributed by atoms with Crippen LogP contribution < -0.4 is 0 Å². The van der Waals surface area contributed by atoms with Crippen molar-refractivity contribution in [2.75, 3.05) is 0 Å². The Morgan fingerprint density at radius 1 is 1.27 bits per heavy atom. The lowest BCUT2D eigenvalue weighted by Gasteiger charge is -2.48. The summed E-state index contributed by atoms with van der Waals surface area (Å²) < 4.78 is 12.8. The van der Waals surface area contributed by atoms with Gasteiger partial charge >= 0.3 is 0 Å². The first-order valence-corrected chi connectivity index (χ1v) is 12.7. The van der Waals surface area contributed by atoms with E-state index in [0.717, 1.165) is 24.8 Å². The third kappa shape index (κ3) is 4.86. The lowest BCUT2D eigenvalue weighted by Crippen LogP contribution is -2.58. The van der Waals surface area contributed by atoms with Crippen molar-refractivity contribution in [3.63, 3.8) is 0 Å². The smallest absolute Gasteiger partial charge is 0.193 e. The van der Waals surface area contributed by atoms with E-state index < -0.39 is 20.0 Å². The molecule has 1 aliphatic rings. The molecule has 0 saturated heterocycles. The monoisotopic (exact) mass is 376 g/mol. The molecular formula is C22H36O3Si. The fourth-order valence-electron chi connectivity index (χ4n) is 3.32. The number of rotatable bonds is 7. The molecule has 26 heavy (non-hydrogen) atoms. The molecule has 146 valence electrons. The maximum atomic E-state index is 11.6. The first-order chi connectivity index (χ1) is 12.1. The molecule has 0 amide bonds. The molecule has 0 heterocycles. The van der Waals surface area contributed by atoms with Crippen molar-refractivity contribution in [1.82, 2.24) is 0 Å². The second kappa shape index (κ2) is 8.38. The van der Waals surface area contributed by atoms with Crippen LogP contribution in [0.4, 0.5) is 0 Å². The number of benzene rings is 1. The van der Waals surface area contributed by atoms with Gasteiger partial charge in [-0.25, -0.2) is 0 Å². The normalized spacial score (nSPS) is 25.7. The quantitative estimate of drug-likeness (QED) is 0.508. The third-order valence-electron chi connectivity index (χ3n) is 6.08. The molecule has 1 aromatic carbocycles. The molecule has 0 aliphatic heterocycles. The van der Waals surface area contributed by atoms with Gasteiger partial charge in [0.2, 0.25) is 0 Å². The molecule has 0 bridgehead atoms. The average molecular weight is 377 g/mol. The first kappa shape index (κ1) is 21.4. The molecule has 0 radical (unpaired) electrons. The SMILES string of the molecule is C=C[C@@H](O[Si](C)(C)C(C)(C)C)[C@@]1(O)CCCC[C@@H]1OCc1ccccc1. The van der Waals surface area contributed by atoms with Crippen molar-refractivity contribution in [2.24, 2.45) is 0 Å². The molecule has 0 aromatic heterocycles. The van der Waals surface area contributed by atoms with Gasteiger partial charge < -0.3 is 14.3 Å². The summed E-state index contributed by atoms with van der Waals surface area (Å²) in [5, 5.41) is 11.7. The van der Waals surface area contributed by atoms with Crippen LogP contribution in [0.25, 0.3) is 0 Å². The molecule has 1 aliphatic carbocycles. The summed E-state index contributed by atoms with van der Waals surface area (Å²) in [6, 6.07) is 10.1. The van der Waals surface area contributed by atoms with Gasteiger partial charge in [0.25, 0.3) is 0 Å². The summed E-state index contributed by atoms with van der Waals surface area (Å²) in [5.41, 5.74) is 0.116. The van der Waals surface area contributed by atoms with Gasteiger partial charge in [0.1, 0.15) is 5.60 Å². The van der Waals surface area contributed by atoms with Gasteiger partial charge in [-0.2, -0.15) is 0 Å². The zero-order valence-corrected chi connectivity index (χ0v) is 18.1. The molecular weight excluding hydrogens is 340 g/mol. The van der Waals surface area contributed by atoms with Gasteiger partial charge in [0.05, 0.1) is 18.8 Å². The van der Waals surface area contributed by atoms with Crippen LogP contribution in [0.15, 0.2) is 43.0 Å². The molecule has 2 rings (SSSR count). The Labute approximate surface area is 160 Å². The van der Waals surface area contributed by atoms with Crippen molar-refractivity contribution in [1.29, 1.82) is 0 Å². The second-order valence-corrected chi connectivity index (χ2v) is 13.8. The Kier molecular flexibility index (Phi) is 6.89. The van der Waals surface area contributed by atoms with Gasteiger partial charge in [-0.1, -0.05) is 70.0 Å². The van der Waals surface area contributed by atoms with E-state index in [2.05, 4.69) is 52.6 Å². The van der Waals surface area contributed by atoms with E-state index in [1.54, 1.807) is 6.08 Å². The molecule has 3 nitrogen and oxygen atoms in total. The van der Waals surface area contributed by atoms with E-state index in [-0.39, 0.29) is 11.1 Å². The van der Waals surface area contributed by atoms with Crippen molar-refractivity contribution in [3.8, 4) is 0 Å². The van der Waals surface area contributed by atoms with Crippen molar-refractivity contribution in [2.45, 2.75) is 89.0 Å². The van der Waals surface area contributed by atoms with Crippen LogP contribution in [0.2, 0.25) is 18.1 Å². The highest BCUT2D eigenvalue weighted by Gasteiger charge is 2.49. The lowest BCUT2D eigenvalue weighted by atomic mass is 9.78. The van der Waals surface area contributed by atoms with Crippen LogP contribution in [-0.4, -0.2) is 31.2 Å². The number of hydrogen-bond donors (Lipinski definition) is 1. The van der Waals surface area contributed by atoms with E-state index in [4.69, 9.17) is 9.16 Å². The second-order valence-electron chi connectivity index (χ2n) is 9.06. The minimum absolute atomic E-state index is 0.0830. The Balaban J connectivity index is 2.16. The Morgan fingerprint density at radius 2 is 1.92 bits per heavy atom. The van der Waals surface area contributed by atoms with E-state index >= 15 is 0 Å². The van der Waals surface area contributed by atoms with Crippen LogP contribution in [0.5, 0.6) is 0 Å². The Morgan fingerprint density at radius 3 is 2.50 bits per heavy atom. The summed E-state index contributed by atoms with van der Waals surface area (Å²) in [7, 11) is -2.02.